The molecule has 0 aliphatic rings. The minimum atomic E-state index is 0.0626. The van der Waals surface area contributed by atoms with E-state index in [1.807, 2.05) is 12.4 Å². The average molecular weight is 279 g/mol. The Morgan fingerprint density at radius 1 is 1.32 bits per heavy atom. The topological polar surface area (TPSA) is 53.1 Å². The maximum absolute atomic E-state index is 4.51. The molecule has 104 valence electrons. The minimum absolute atomic E-state index is 0.0626. The van der Waals surface area contributed by atoms with Crippen molar-refractivity contribution in [3.63, 3.8) is 0 Å². The number of nitrogens with zero attached hydrogens (tertiary/aromatic N) is 3. The standard InChI is InChI=1S/C13H21N5S/c1-13(2,18(4)5)8-15-10-9-6-7-19-11(9)17-12(14-3)16-10/h6-7H,8H2,1-5H3,(H2,14,15,16,17). The van der Waals surface area contributed by atoms with E-state index in [0.29, 0.717) is 5.95 Å². The smallest absolute Gasteiger partial charge is 0.225 e. The van der Waals surface area contributed by atoms with E-state index in [-0.39, 0.29) is 5.54 Å². The second-order valence-electron chi connectivity index (χ2n) is 5.35. The maximum atomic E-state index is 4.51. The molecular weight excluding hydrogens is 258 g/mol. The van der Waals surface area contributed by atoms with Crippen LogP contribution in [0.1, 0.15) is 13.8 Å². The highest BCUT2D eigenvalue weighted by molar-refractivity contribution is 7.16. The first-order chi connectivity index (χ1) is 8.94. The highest BCUT2D eigenvalue weighted by Crippen LogP contribution is 2.26. The van der Waals surface area contributed by atoms with E-state index >= 15 is 0 Å². The number of hydrogen-bond acceptors (Lipinski definition) is 6. The Hall–Kier alpha value is -1.40. The van der Waals surface area contributed by atoms with Gasteiger partial charge in [-0.3, -0.25) is 0 Å². The number of aromatic nitrogens is 2. The van der Waals surface area contributed by atoms with Crippen molar-refractivity contribution in [2.75, 3.05) is 38.3 Å². The molecule has 0 aliphatic heterocycles. The van der Waals surface area contributed by atoms with Crippen molar-refractivity contribution in [3.05, 3.63) is 11.4 Å². The molecule has 2 rings (SSSR count). The normalized spacial score (nSPS) is 12.1. The van der Waals surface area contributed by atoms with Crippen LogP contribution in [-0.2, 0) is 0 Å². The molecule has 0 radical (unpaired) electrons. The summed E-state index contributed by atoms with van der Waals surface area (Å²) in [7, 11) is 6.00. The quantitative estimate of drug-likeness (QED) is 0.880. The highest BCUT2D eigenvalue weighted by Gasteiger charge is 2.21. The van der Waals surface area contributed by atoms with Gasteiger partial charge in [-0.05, 0) is 39.4 Å². The third-order valence-electron chi connectivity index (χ3n) is 3.45. The molecule has 19 heavy (non-hydrogen) atoms. The molecule has 0 aromatic carbocycles. The first-order valence-electron chi connectivity index (χ1n) is 6.28. The summed E-state index contributed by atoms with van der Waals surface area (Å²) in [4.78, 5) is 12.2. The minimum Gasteiger partial charge on any atom is -0.368 e. The van der Waals surface area contributed by atoms with Crippen molar-refractivity contribution in [2.45, 2.75) is 19.4 Å². The zero-order valence-electron chi connectivity index (χ0n) is 12.1. The van der Waals surface area contributed by atoms with E-state index in [1.54, 1.807) is 11.3 Å². The zero-order chi connectivity index (χ0) is 14.0. The fourth-order valence-corrected chi connectivity index (χ4v) is 2.32. The lowest BCUT2D eigenvalue weighted by atomic mass is 10.0. The Morgan fingerprint density at radius 2 is 2.05 bits per heavy atom. The summed E-state index contributed by atoms with van der Waals surface area (Å²) in [6.07, 6.45) is 0. The molecule has 2 N–H and O–H groups in total. The van der Waals surface area contributed by atoms with Crippen molar-refractivity contribution in [1.82, 2.24) is 14.9 Å². The maximum Gasteiger partial charge on any atom is 0.225 e. The molecule has 2 heterocycles. The number of nitrogens with one attached hydrogen (secondary N) is 2. The molecule has 0 fully saturated rings. The Bertz CT molecular complexity index is 561. The molecule has 6 heteroatoms. The molecule has 2 aromatic heterocycles. The molecular formula is C13H21N5S. The molecule has 0 atom stereocenters. The van der Waals surface area contributed by atoms with Gasteiger partial charge in [0.25, 0.3) is 0 Å². The van der Waals surface area contributed by atoms with E-state index in [9.17, 15) is 0 Å². The van der Waals surface area contributed by atoms with Crippen LogP contribution >= 0.6 is 11.3 Å². The van der Waals surface area contributed by atoms with Crippen molar-refractivity contribution in [2.24, 2.45) is 0 Å². The Kier molecular flexibility index (Phi) is 3.91. The van der Waals surface area contributed by atoms with Gasteiger partial charge in [0.05, 0.1) is 5.39 Å². The fraction of sp³-hybridized carbons (Fsp3) is 0.538. The zero-order valence-corrected chi connectivity index (χ0v) is 12.9. The number of likely N-dealkylation sites (N-methyl/N-ethyl adjacent to an activating group) is 1. The van der Waals surface area contributed by atoms with Gasteiger partial charge in [-0.2, -0.15) is 4.98 Å². The average Bonchev–Trinajstić information content (AvgIpc) is 2.83. The molecule has 0 aliphatic carbocycles. The fourth-order valence-electron chi connectivity index (χ4n) is 1.56. The monoisotopic (exact) mass is 279 g/mol. The molecule has 0 saturated carbocycles. The van der Waals surface area contributed by atoms with Crippen molar-refractivity contribution in [1.29, 1.82) is 0 Å². The third-order valence-corrected chi connectivity index (χ3v) is 4.25. The summed E-state index contributed by atoms with van der Waals surface area (Å²) < 4.78 is 0. The summed E-state index contributed by atoms with van der Waals surface area (Å²) >= 11 is 1.63. The van der Waals surface area contributed by atoms with Gasteiger partial charge < -0.3 is 15.5 Å². The lowest BCUT2D eigenvalue weighted by molar-refractivity contribution is 0.210. The van der Waals surface area contributed by atoms with Gasteiger partial charge in [-0.1, -0.05) is 0 Å². The third kappa shape index (κ3) is 2.96. The van der Waals surface area contributed by atoms with E-state index in [0.717, 1.165) is 22.6 Å². The summed E-state index contributed by atoms with van der Waals surface area (Å²) in [5, 5.41) is 9.57. The number of rotatable bonds is 5. The number of thiophene rings is 1. The number of fused-ring (bicyclic) bond motifs is 1. The van der Waals surface area contributed by atoms with Crippen LogP contribution in [0.3, 0.4) is 0 Å². The molecule has 0 amide bonds. The lowest BCUT2D eigenvalue weighted by Gasteiger charge is -2.32. The SMILES string of the molecule is CNc1nc(NCC(C)(C)N(C)C)c2ccsc2n1. The van der Waals surface area contributed by atoms with Crippen LogP contribution < -0.4 is 10.6 Å². The van der Waals surface area contributed by atoms with Gasteiger partial charge in [0.1, 0.15) is 10.6 Å². The van der Waals surface area contributed by atoms with Crippen molar-refractivity contribution < 1.29 is 0 Å². The van der Waals surface area contributed by atoms with Crippen LogP contribution in [-0.4, -0.2) is 48.1 Å². The van der Waals surface area contributed by atoms with E-state index in [4.69, 9.17) is 0 Å². The predicted molar refractivity (Wildman–Crippen MR) is 83.2 cm³/mol. The number of anilines is 2. The van der Waals surface area contributed by atoms with Crippen LogP contribution in [0.15, 0.2) is 11.4 Å². The van der Waals surface area contributed by atoms with Gasteiger partial charge >= 0.3 is 0 Å². The van der Waals surface area contributed by atoms with Gasteiger partial charge in [-0.15, -0.1) is 11.3 Å². The summed E-state index contributed by atoms with van der Waals surface area (Å²) in [6.45, 7) is 5.22. The molecule has 0 unspecified atom stereocenters. The lowest BCUT2D eigenvalue weighted by Crippen LogP contribution is -2.44. The van der Waals surface area contributed by atoms with Crippen molar-refractivity contribution in [3.8, 4) is 0 Å². The largest absolute Gasteiger partial charge is 0.368 e. The van der Waals surface area contributed by atoms with Crippen LogP contribution in [0.25, 0.3) is 10.2 Å². The Morgan fingerprint density at radius 3 is 2.68 bits per heavy atom. The molecule has 5 nitrogen and oxygen atoms in total. The van der Waals surface area contributed by atoms with Crippen LogP contribution in [0.5, 0.6) is 0 Å². The molecule has 0 spiro atoms. The Balaban J connectivity index is 2.27. The molecule has 2 aromatic rings. The van der Waals surface area contributed by atoms with Crippen LogP contribution in [0.2, 0.25) is 0 Å². The summed E-state index contributed by atoms with van der Waals surface area (Å²) in [6, 6.07) is 2.06. The number of hydrogen-bond donors (Lipinski definition) is 2. The van der Waals surface area contributed by atoms with Crippen LogP contribution in [0, 0.1) is 0 Å². The van der Waals surface area contributed by atoms with Gasteiger partial charge in [-0.25, -0.2) is 4.98 Å². The van der Waals surface area contributed by atoms with Gasteiger partial charge in [0, 0.05) is 19.1 Å². The van der Waals surface area contributed by atoms with E-state index in [1.165, 1.54) is 0 Å². The first-order valence-corrected chi connectivity index (χ1v) is 7.16. The van der Waals surface area contributed by atoms with Gasteiger partial charge in [0.2, 0.25) is 5.95 Å². The Labute approximate surface area is 118 Å². The van der Waals surface area contributed by atoms with Crippen LogP contribution in [0.4, 0.5) is 11.8 Å². The first kappa shape index (κ1) is 14.0. The van der Waals surface area contributed by atoms with Gasteiger partial charge in [0.15, 0.2) is 0 Å². The summed E-state index contributed by atoms with van der Waals surface area (Å²) in [5.74, 6) is 1.55. The second-order valence-corrected chi connectivity index (χ2v) is 6.24. The van der Waals surface area contributed by atoms with E-state index in [2.05, 4.69) is 59.5 Å². The molecule has 0 bridgehead atoms. The second kappa shape index (κ2) is 5.30. The molecule has 0 saturated heterocycles. The predicted octanol–water partition coefficient (Wildman–Crippen LogP) is 2.49. The summed E-state index contributed by atoms with van der Waals surface area (Å²) in [5.41, 5.74) is 0.0626. The highest BCUT2D eigenvalue weighted by atomic mass is 32.1. The van der Waals surface area contributed by atoms with E-state index < -0.39 is 0 Å². The van der Waals surface area contributed by atoms with Crippen molar-refractivity contribution >= 4 is 33.3 Å².